The van der Waals surface area contributed by atoms with Gasteiger partial charge in [-0.25, -0.2) is 9.97 Å². The highest BCUT2D eigenvalue weighted by atomic mass is 79.9. The highest BCUT2D eigenvalue weighted by molar-refractivity contribution is 9.10. The van der Waals surface area contributed by atoms with Gasteiger partial charge in [0.15, 0.2) is 5.65 Å². The van der Waals surface area contributed by atoms with Gasteiger partial charge < -0.3 is 5.73 Å². The standard InChI is InChI=1S/C12H10BrN5/c13-8-5-10-11(16-6-8)18(12(14)17-10)7-9-3-1-2-4-15-9/h1-6H,7H2,(H2,14,17). The van der Waals surface area contributed by atoms with E-state index in [0.29, 0.717) is 12.5 Å². The molecule has 0 saturated carbocycles. The summed E-state index contributed by atoms with van der Waals surface area (Å²) < 4.78 is 2.74. The summed E-state index contributed by atoms with van der Waals surface area (Å²) in [7, 11) is 0. The van der Waals surface area contributed by atoms with E-state index < -0.39 is 0 Å². The number of fused-ring (bicyclic) bond motifs is 1. The van der Waals surface area contributed by atoms with Crippen molar-refractivity contribution in [2.24, 2.45) is 0 Å². The highest BCUT2D eigenvalue weighted by Gasteiger charge is 2.10. The number of anilines is 1. The van der Waals surface area contributed by atoms with Crippen LogP contribution < -0.4 is 5.73 Å². The molecule has 0 aliphatic heterocycles. The summed E-state index contributed by atoms with van der Waals surface area (Å²) in [5, 5.41) is 0. The fourth-order valence-corrected chi connectivity index (χ4v) is 2.13. The molecule has 0 radical (unpaired) electrons. The summed E-state index contributed by atoms with van der Waals surface area (Å²) in [5.74, 6) is 0.446. The molecule has 5 nitrogen and oxygen atoms in total. The van der Waals surface area contributed by atoms with Crippen molar-refractivity contribution in [3.05, 3.63) is 46.8 Å². The lowest BCUT2D eigenvalue weighted by atomic mass is 10.3. The number of aromatic nitrogens is 4. The Morgan fingerprint density at radius 2 is 2.17 bits per heavy atom. The Hall–Kier alpha value is -1.95. The van der Waals surface area contributed by atoms with Crippen LogP contribution in [0, 0.1) is 0 Å². The van der Waals surface area contributed by atoms with Gasteiger partial charge in [0, 0.05) is 16.9 Å². The van der Waals surface area contributed by atoms with Crippen molar-refractivity contribution < 1.29 is 0 Å². The average molecular weight is 304 g/mol. The van der Waals surface area contributed by atoms with E-state index in [9.17, 15) is 0 Å². The van der Waals surface area contributed by atoms with Gasteiger partial charge in [-0.2, -0.15) is 0 Å². The number of pyridine rings is 2. The molecule has 0 atom stereocenters. The summed E-state index contributed by atoms with van der Waals surface area (Å²) in [6.45, 7) is 0.567. The Kier molecular flexibility index (Phi) is 2.71. The smallest absolute Gasteiger partial charge is 0.202 e. The third-order valence-electron chi connectivity index (χ3n) is 2.63. The molecule has 0 fully saturated rings. The molecule has 0 spiro atoms. The first-order valence-corrected chi connectivity index (χ1v) is 6.20. The number of nitrogens with zero attached hydrogens (tertiary/aromatic N) is 4. The fourth-order valence-electron chi connectivity index (χ4n) is 1.81. The maximum absolute atomic E-state index is 5.92. The Bertz CT molecular complexity index is 692. The van der Waals surface area contributed by atoms with Gasteiger partial charge in [-0.05, 0) is 34.1 Å². The van der Waals surface area contributed by atoms with Gasteiger partial charge in [0.1, 0.15) is 5.52 Å². The Balaban J connectivity index is 2.09. The van der Waals surface area contributed by atoms with Crippen LogP contribution in [0.15, 0.2) is 41.1 Å². The zero-order chi connectivity index (χ0) is 12.5. The zero-order valence-corrected chi connectivity index (χ0v) is 11.0. The number of halogens is 1. The number of rotatable bonds is 2. The summed E-state index contributed by atoms with van der Waals surface area (Å²) >= 11 is 3.37. The van der Waals surface area contributed by atoms with Gasteiger partial charge in [0.05, 0.1) is 12.2 Å². The van der Waals surface area contributed by atoms with E-state index in [1.54, 1.807) is 12.4 Å². The number of hydrogen-bond acceptors (Lipinski definition) is 4. The number of nitrogens with two attached hydrogens (primary N) is 1. The lowest BCUT2D eigenvalue weighted by molar-refractivity contribution is 0.800. The minimum absolute atomic E-state index is 0.446. The van der Waals surface area contributed by atoms with Crippen LogP contribution in [-0.4, -0.2) is 19.5 Å². The van der Waals surface area contributed by atoms with Gasteiger partial charge in [0.25, 0.3) is 0 Å². The quantitative estimate of drug-likeness (QED) is 0.788. The first-order chi connectivity index (χ1) is 8.74. The minimum atomic E-state index is 0.446. The molecular formula is C12H10BrN5. The Morgan fingerprint density at radius 1 is 1.28 bits per heavy atom. The van der Waals surface area contributed by atoms with Gasteiger partial charge in [-0.3, -0.25) is 9.55 Å². The molecule has 0 aliphatic carbocycles. The van der Waals surface area contributed by atoms with Gasteiger partial charge in [-0.15, -0.1) is 0 Å². The lowest BCUT2D eigenvalue weighted by Gasteiger charge is -2.04. The summed E-state index contributed by atoms with van der Waals surface area (Å²) in [4.78, 5) is 12.9. The molecule has 90 valence electrons. The van der Waals surface area contributed by atoms with Crippen molar-refractivity contribution in [2.45, 2.75) is 6.54 Å². The van der Waals surface area contributed by atoms with E-state index in [4.69, 9.17) is 5.73 Å². The molecule has 0 unspecified atom stereocenters. The second kappa shape index (κ2) is 4.38. The van der Waals surface area contributed by atoms with E-state index >= 15 is 0 Å². The largest absolute Gasteiger partial charge is 0.369 e. The molecule has 0 saturated heterocycles. The normalized spacial score (nSPS) is 10.9. The summed E-state index contributed by atoms with van der Waals surface area (Å²) in [6.07, 6.45) is 3.49. The van der Waals surface area contributed by atoms with Crippen molar-refractivity contribution in [3.8, 4) is 0 Å². The monoisotopic (exact) mass is 303 g/mol. The van der Waals surface area contributed by atoms with Crippen LogP contribution in [-0.2, 0) is 6.54 Å². The zero-order valence-electron chi connectivity index (χ0n) is 9.42. The summed E-state index contributed by atoms with van der Waals surface area (Å²) in [6, 6.07) is 7.67. The van der Waals surface area contributed by atoms with Gasteiger partial charge in [-0.1, -0.05) is 6.07 Å². The first kappa shape index (κ1) is 11.2. The molecule has 3 rings (SSSR count). The maximum atomic E-state index is 5.92. The predicted octanol–water partition coefficient (Wildman–Crippen LogP) is 2.22. The second-order valence-electron chi connectivity index (χ2n) is 3.87. The van der Waals surface area contributed by atoms with E-state index in [-0.39, 0.29) is 0 Å². The average Bonchev–Trinajstić information content (AvgIpc) is 2.66. The van der Waals surface area contributed by atoms with Crippen molar-refractivity contribution in [2.75, 3.05) is 5.73 Å². The SMILES string of the molecule is Nc1nc2cc(Br)cnc2n1Cc1ccccn1. The second-order valence-corrected chi connectivity index (χ2v) is 4.79. The molecular weight excluding hydrogens is 294 g/mol. The van der Waals surface area contributed by atoms with Crippen molar-refractivity contribution in [1.29, 1.82) is 0 Å². The topological polar surface area (TPSA) is 69.6 Å². The fraction of sp³-hybridized carbons (Fsp3) is 0.0833. The highest BCUT2D eigenvalue weighted by Crippen LogP contribution is 2.20. The van der Waals surface area contributed by atoms with Crippen molar-refractivity contribution in [1.82, 2.24) is 19.5 Å². The third kappa shape index (κ3) is 1.95. The number of hydrogen-bond donors (Lipinski definition) is 1. The van der Waals surface area contributed by atoms with Gasteiger partial charge >= 0.3 is 0 Å². The Morgan fingerprint density at radius 3 is 2.94 bits per heavy atom. The van der Waals surface area contributed by atoms with Crippen LogP contribution in [0.5, 0.6) is 0 Å². The molecule has 0 amide bonds. The number of imidazole rings is 1. The maximum Gasteiger partial charge on any atom is 0.202 e. The molecule has 3 aromatic rings. The van der Waals surface area contributed by atoms with Crippen LogP contribution in [0.3, 0.4) is 0 Å². The molecule has 3 heterocycles. The molecule has 0 bridgehead atoms. The van der Waals surface area contributed by atoms with Gasteiger partial charge in [0.2, 0.25) is 5.95 Å². The van der Waals surface area contributed by atoms with Crippen LogP contribution >= 0.6 is 15.9 Å². The van der Waals surface area contributed by atoms with E-state index in [1.165, 1.54) is 0 Å². The van der Waals surface area contributed by atoms with Crippen LogP contribution in [0.25, 0.3) is 11.2 Å². The predicted molar refractivity (Wildman–Crippen MR) is 73.0 cm³/mol. The molecule has 2 N–H and O–H groups in total. The van der Waals surface area contributed by atoms with Crippen LogP contribution in [0.2, 0.25) is 0 Å². The van der Waals surface area contributed by atoms with Crippen LogP contribution in [0.1, 0.15) is 5.69 Å². The molecule has 3 aromatic heterocycles. The first-order valence-electron chi connectivity index (χ1n) is 5.41. The van der Waals surface area contributed by atoms with Crippen LogP contribution in [0.4, 0.5) is 5.95 Å². The van der Waals surface area contributed by atoms with E-state index in [0.717, 1.165) is 21.3 Å². The summed E-state index contributed by atoms with van der Waals surface area (Å²) in [5.41, 5.74) is 8.39. The molecule has 0 aliphatic rings. The van der Waals surface area contributed by atoms with Crippen molar-refractivity contribution in [3.63, 3.8) is 0 Å². The van der Waals surface area contributed by atoms with E-state index in [2.05, 4.69) is 30.9 Å². The minimum Gasteiger partial charge on any atom is -0.369 e. The third-order valence-corrected chi connectivity index (χ3v) is 3.06. The van der Waals surface area contributed by atoms with Crippen molar-refractivity contribution >= 4 is 33.0 Å². The molecule has 6 heteroatoms. The Labute approximate surface area is 112 Å². The lowest BCUT2D eigenvalue weighted by Crippen LogP contribution is -2.06. The van der Waals surface area contributed by atoms with E-state index in [1.807, 2.05) is 28.8 Å². The molecule has 18 heavy (non-hydrogen) atoms. The molecule has 0 aromatic carbocycles. The number of nitrogen functional groups attached to an aromatic ring is 1.